The minimum absolute atomic E-state index is 0.138. The maximum atomic E-state index is 12.6. The lowest BCUT2D eigenvalue weighted by atomic mass is 10.1. The second-order valence-corrected chi connectivity index (χ2v) is 7.17. The second-order valence-electron chi connectivity index (χ2n) is 5.42. The van der Waals surface area contributed by atoms with Gasteiger partial charge in [-0.2, -0.15) is 0 Å². The van der Waals surface area contributed by atoms with Crippen LogP contribution in [-0.4, -0.2) is 33.0 Å². The van der Waals surface area contributed by atoms with Gasteiger partial charge >= 0.3 is 0 Å². The fourth-order valence-corrected chi connectivity index (χ4v) is 2.79. The number of hydrogen-bond donors (Lipinski definition) is 3. The van der Waals surface area contributed by atoms with Crippen LogP contribution < -0.4 is 15.4 Å². The van der Waals surface area contributed by atoms with Crippen molar-refractivity contribution in [3.05, 3.63) is 72.3 Å². The van der Waals surface area contributed by atoms with Crippen molar-refractivity contribution in [2.45, 2.75) is 0 Å². The van der Waals surface area contributed by atoms with E-state index in [9.17, 15) is 18.0 Å². The molecule has 0 radical (unpaired) electrons. The molecule has 3 N–H and O–H groups in total. The first kappa shape index (κ1) is 19.2. The summed E-state index contributed by atoms with van der Waals surface area (Å²) in [5.41, 5.74) is 0.893. The number of amides is 2. The van der Waals surface area contributed by atoms with Gasteiger partial charge in [-0.25, -0.2) is 8.42 Å². The first-order chi connectivity index (χ1) is 12.3. The van der Waals surface area contributed by atoms with Crippen molar-refractivity contribution in [1.82, 2.24) is 5.32 Å². The van der Waals surface area contributed by atoms with Gasteiger partial charge in [-0.1, -0.05) is 30.3 Å². The average Bonchev–Trinajstić information content (AvgIpc) is 2.59. The van der Waals surface area contributed by atoms with E-state index in [1.165, 1.54) is 12.1 Å². The number of anilines is 2. The number of hydrogen-bond acceptors (Lipinski definition) is 4. The third-order valence-electron chi connectivity index (χ3n) is 3.29. The van der Waals surface area contributed by atoms with Crippen LogP contribution in [-0.2, 0) is 10.0 Å². The van der Waals surface area contributed by atoms with Crippen LogP contribution in [0.3, 0.4) is 0 Å². The molecule has 8 heteroatoms. The summed E-state index contributed by atoms with van der Waals surface area (Å²) in [6.07, 6.45) is 2.55. The van der Waals surface area contributed by atoms with Crippen LogP contribution >= 0.6 is 0 Å². The number of carbonyl (C=O) groups excluding carboxylic acids is 2. The van der Waals surface area contributed by atoms with E-state index in [4.69, 9.17) is 0 Å². The molecule has 0 bridgehead atoms. The predicted octanol–water partition coefficient (Wildman–Crippen LogP) is 2.23. The first-order valence-electron chi connectivity index (χ1n) is 7.68. The Bertz CT molecular complexity index is 939. The van der Waals surface area contributed by atoms with Gasteiger partial charge < -0.3 is 10.6 Å². The molecule has 2 aromatic rings. The van der Waals surface area contributed by atoms with E-state index < -0.39 is 15.9 Å². The molecule has 0 aliphatic carbocycles. The maximum absolute atomic E-state index is 12.6. The Hall–Kier alpha value is -3.13. The van der Waals surface area contributed by atoms with Crippen molar-refractivity contribution in [1.29, 1.82) is 0 Å². The van der Waals surface area contributed by atoms with Gasteiger partial charge in [0.1, 0.15) is 0 Å². The summed E-state index contributed by atoms with van der Waals surface area (Å²) >= 11 is 0. The highest BCUT2D eigenvalue weighted by Gasteiger charge is 2.17. The quantitative estimate of drug-likeness (QED) is 0.647. The number of para-hydroxylation sites is 2. The zero-order valence-corrected chi connectivity index (χ0v) is 15.0. The Morgan fingerprint density at radius 1 is 0.962 bits per heavy atom. The Kier molecular flexibility index (Phi) is 6.13. The second kappa shape index (κ2) is 8.30. The Morgan fingerprint density at radius 2 is 1.50 bits per heavy atom. The molecule has 0 aliphatic rings. The van der Waals surface area contributed by atoms with Crippen molar-refractivity contribution >= 4 is 33.2 Å². The minimum atomic E-state index is -3.54. The van der Waals surface area contributed by atoms with Gasteiger partial charge in [0, 0.05) is 6.54 Å². The highest BCUT2D eigenvalue weighted by molar-refractivity contribution is 7.92. The Morgan fingerprint density at radius 3 is 2.08 bits per heavy atom. The van der Waals surface area contributed by atoms with Crippen molar-refractivity contribution in [3.63, 3.8) is 0 Å². The van der Waals surface area contributed by atoms with Crippen LogP contribution in [0.4, 0.5) is 11.4 Å². The van der Waals surface area contributed by atoms with Crippen molar-refractivity contribution in [2.75, 3.05) is 22.8 Å². The zero-order valence-electron chi connectivity index (χ0n) is 14.2. The monoisotopic (exact) mass is 373 g/mol. The first-order valence-corrected chi connectivity index (χ1v) is 9.57. The fraction of sp³-hybridized carbons (Fsp3) is 0.111. The molecule has 0 aliphatic heterocycles. The lowest BCUT2D eigenvalue weighted by Crippen LogP contribution is -2.25. The predicted molar refractivity (Wildman–Crippen MR) is 102 cm³/mol. The maximum Gasteiger partial charge on any atom is 0.257 e. The van der Waals surface area contributed by atoms with E-state index in [2.05, 4.69) is 21.9 Å². The van der Waals surface area contributed by atoms with Gasteiger partial charge in [0.25, 0.3) is 11.8 Å². The molecule has 0 saturated heterocycles. The van der Waals surface area contributed by atoms with E-state index in [1.807, 2.05) is 0 Å². The smallest absolute Gasteiger partial charge is 0.257 e. The molecule has 136 valence electrons. The van der Waals surface area contributed by atoms with Gasteiger partial charge in [-0.05, 0) is 24.3 Å². The molecule has 0 saturated carbocycles. The molecule has 0 heterocycles. The fourth-order valence-electron chi connectivity index (χ4n) is 2.21. The van der Waals surface area contributed by atoms with Crippen LogP contribution in [0.1, 0.15) is 20.7 Å². The van der Waals surface area contributed by atoms with E-state index >= 15 is 0 Å². The molecular weight excluding hydrogens is 354 g/mol. The number of sulfonamides is 1. The largest absolute Gasteiger partial charge is 0.349 e. The van der Waals surface area contributed by atoms with Gasteiger partial charge in [0.15, 0.2) is 0 Å². The molecule has 7 nitrogen and oxygen atoms in total. The number of nitrogens with one attached hydrogen (secondary N) is 3. The molecule has 0 fully saturated rings. The zero-order chi connectivity index (χ0) is 19.2. The van der Waals surface area contributed by atoms with Crippen molar-refractivity contribution < 1.29 is 18.0 Å². The number of rotatable bonds is 7. The summed E-state index contributed by atoms with van der Waals surface area (Å²) in [5, 5.41) is 5.29. The molecule has 0 atom stereocenters. The number of carbonyl (C=O) groups is 2. The summed E-state index contributed by atoms with van der Waals surface area (Å²) in [7, 11) is -3.54. The normalized spacial score (nSPS) is 10.7. The lowest BCUT2D eigenvalue weighted by molar-refractivity contribution is 0.0959. The Balaban J connectivity index is 2.29. The molecular formula is C18H19N3O4S. The van der Waals surface area contributed by atoms with E-state index in [-0.39, 0.29) is 22.7 Å². The Labute approximate surface area is 152 Å². The molecule has 0 unspecified atom stereocenters. The molecule has 0 spiro atoms. The van der Waals surface area contributed by atoms with Gasteiger partial charge in [0.05, 0.1) is 28.8 Å². The average molecular weight is 373 g/mol. The van der Waals surface area contributed by atoms with Crippen LogP contribution in [0.25, 0.3) is 0 Å². The molecule has 26 heavy (non-hydrogen) atoms. The van der Waals surface area contributed by atoms with Crippen molar-refractivity contribution in [2.24, 2.45) is 0 Å². The third kappa shape index (κ3) is 5.18. The summed E-state index contributed by atoms with van der Waals surface area (Å²) < 4.78 is 25.3. The SMILES string of the molecule is C=CCNC(=O)c1ccccc1NC(=O)c1ccccc1NS(C)(=O)=O. The summed E-state index contributed by atoms with van der Waals surface area (Å²) in [5.74, 6) is -0.899. The van der Waals surface area contributed by atoms with Crippen LogP contribution in [0.15, 0.2) is 61.2 Å². The standard InChI is InChI=1S/C18H19N3O4S/c1-3-12-19-17(22)13-8-4-6-10-15(13)20-18(23)14-9-5-7-11-16(14)21-26(2,24)25/h3-11,21H,1,12H2,2H3,(H,19,22)(H,20,23). The van der Waals surface area contributed by atoms with Crippen LogP contribution in [0.5, 0.6) is 0 Å². The molecule has 2 aromatic carbocycles. The van der Waals surface area contributed by atoms with Crippen LogP contribution in [0, 0.1) is 0 Å². The summed E-state index contributed by atoms with van der Waals surface area (Å²) in [4.78, 5) is 24.8. The van der Waals surface area contributed by atoms with Gasteiger partial charge in [-0.15, -0.1) is 6.58 Å². The third-order valence-corrected chi connectivity index (χ3v) is 3.88. The van der Waals surface area contributed by atoms with E-state index in [0.29, 0.717) is 12.2 Å². The molecule has 2 amide bonds. The van der Waals surface area contributed by atoms with Crippen molar-refractivity contribution in [3.8, 4) is 0 Å². The number of benzene rings is 2. The summed E-state index contributed by atoms with van der Waals surface area (Å²) in [6, 6.07) is 12.7. The van der Waals surface area contributed by atoms with Gasteiger partial charge in [0.2, 0.25) is 10.0 Å². The summed E-state index contributed by atoms with van der Waals surface area (Å²) in [6.45, 7) is 3.83. The van der Waals surface area contributed by atoms with E-state index in [1.54, 1.807) is 42.5 Å². The van der Waals surface area contributed by atoms with Crippen LogP contribution in [0.2, 0.25) is 0 Å². The molecule has 0 aromatic heterocycles. The minimum Gasteiger partial charge on any atom is -0.349 e. The molecule has 2 rings (SSSR count). The highest BCUT2D eigenvalue weighted by Crippen LogP contribution is 2.20. The topological polar surface area (TPSA) is 104 Å². The van der Waals surface area contributed by atoms with E-state index in [0.717, 1.165) is 6.26 Å². The lowest BCUT2D eigenvalue weighted by Gasteiger charge is -2.13. The van der Waals surface area contributed by atoms with Gasteiger partial charge in [-0.3, -0.25) is 14.3 Å². The highest BCUT2D eigenvalue weighted by atomic mass is 32.2.